The maximum Gasteiger partial charge on any atom is 0.250 e. The van der Waals surface area contributed by atoms with Crippen LogP contribution >= 0.6 is 0 Å². The Bertz CT molecular complexity index is 1220. The Morgan fingerprint density at radius 3 is 2.63 bits per heavy atom. The standard InChI is InChI=1S/C22H20FN3O3S/c1-26-13-20-16(11-21(26)27)12-24-22(15-3-5-17(23)6-4-15)18-7-2-14(10-19(18)20)8-9-25-30(28)29/h2-7,10-11,13,25H,8-9,12H2,1H3,(H,28,29)/p-1. The number of nitrogens with zero attached hydrogens (tertiary/aromatic N) is 2. The second kappa shape index (κ2) is 8.43. The Balaban J connectivity index is 1.85. The summed E-state index contributed by atoms with van der Waals surface area (Å²) in [5.41, 5.74) is 5.84. The van der Waals surface area contributed by atoms with Gasteiger partial charge in [0.15, 0.2) is 0 Å². The Kier molecular flexibility index (Phi) is 5.72. The number of fused-ring (bicyclic) bond motifs is 3. The highest BCUT2D eigenvalue weighted by Crippen LogP contribution is 2.33. The number of aryl methyl sites for hydroxylation is 1. The molecule has 0 bridgehead atoms. The number of hydrogen-bond donors (Lipinski definition) is 1. The maximum absolute atomic E-state index is 13.4. The van der Waals surface area contributed by atoms with Gasteiger partial charge in [0.1, 0.15) is 5.82 Å². The Morgan fingerprint density at radius 2 is 1.90 bits per heavy atom. The van der Waals surface area contributed by atoms with Gasteiger partial charge in [-0.05, 0) is 47.4 Å². The Hall–Kier alpha value is -2.94. The zero-order valence-electron chi connectivity index (χ0n) is 16.2. The van der Waals surface area contributed by atoms with Crippen molar-refractivity contribution in [3.8, 4) is 11.1 Å². The predicted octanol–water partition coefficient (Wildman–Crippen LogP) is 2.47. The summed E-state index contributed by atoms with van der Waals surface area (Å²) in [5, 5.41) is 0. The number of benzene rings is 2. The van der Waals surface area contributed by atoms with Gasteiger partial charge in [0.05, 0.1) is 12.3 Å². The molecule has 0 amide bonds. The number of halogens is 1. The second-order valence-corrected chi connectivity index (χ2v) is 7.85. The summed E-state index contributed by atoms with van der Waals surface area (Å²) >= 11 is -2.31. The summed E-state index contributed by atoms with van der Waals surface area (Å²) in [4.78, 5) is 16.9. The third-order valence-corrected chi connectivity index (χ3v) is 5.54. The van der Waals surface area contributed by atoms with Crippen molar-refractivity contribution in [2.75, 3.05) is 6.54 Å². The van der Waals surface area contributed by atoms with Gasteiger partial charge < -0.3 is 9.12 Å². The average Bonchev–Trinajstić information content (AvgIpc) is 2.86. The number of aliphatic imine (C=N–C) groups is 1. The van der Waals surface area contributed by atoms with Gasteiger partial charge >= 0.3 is 0 Å². The molecular formula is C22H19FN3O3S-. The smallest absolute Gasteiger partial charge is 0.250 e. The van der Waals surface area contributed by atoms with E-state index < -0.39 is 11.3 Å². The fourth-order valence-electron chi connectivity index (χ4n) is 3.60. The normalized spacial score (nSPS) is 13.8. The summed E-state index contributed by atoms with van der Waals surface area (Å²) in [5.74, 6) is -0.321. The van der Waals surface area contributed by atoms with Crippen molar-refractivity contribution in [1.82, 2.24) is 9.29 Å². The molecule has 0 spiro atoms. The van der Waals surface area contributed by atoms with Crippen molar-refractivity contribution in [2.24, 2.45) is 12.0 Å². The van der Waals surface area contributed by atoms with E-state index in [2.05, 4.69) is 4.72 Å². The van der Waals surface area contributed by atoms with Gasteiger partial charge in [-0.2, -0.15) is 0 Å². The van der Waals surface area contributed by atoms with Crippen LogP contribution in [0.15, 0.2) is 64.5 Å². The van der Waals surface area contributed by atoms with Gasteiger partial charge in [0, 0.05) is 53.8 Å². The first-order valence-electron chi connectivity index (χ1n) is 9.39. The summed E-state index contributed by atoms with van der Waals surface area (Å²) in [7, 11) is 1.70. The van der Waals surface area contributed by atoms with E-state index in [0.717, 1.165) is 39.1 Å². The highest BCUT2D eigenvalue weighted by molar-refractivity contribution is 7.77. The number of nitrogens with one attached hydrogen (secondary N) is 1. The molecule has 0 radical (unpaired) electrons. The van der Waals surface area contributed by atoms with Crippen molar-refractivity contribution in [3.05, 3.63) is 93.2 Å². The molecule has 0 fully saturated rings. The summed E-state index contributed by atoms with van der Waals surface area (Å²) < 4.78 is 38.8. The second-order valence-electron chi connectivity index (χ2n) is 7.09. The first-order chi connectivity index (χ1) is 14.4. The number of aromatic nitrogens is 1. The molecule has 1 aromatic heterocycles. The van der Waals surface area contributed by atoms with Crippen molar-refractivity contribution in [2.45, 2.75) is 13.0 Å². The number of pyridine rings is 1. The minimum Gasteiger partial charge on any atom is -0.760 e. The van der Waals surface area contributed by atoms with Crippen molar-refractivity contribution < 1.29 is 13.2 Å². The minimum atomic E-state index is -2.31. The third-order valence-electron chi connectivity index (χ3n) is 5.10. The van der Waals surface area contributed by atoms with Crippen LogP contribution in [-0.4, -0.2) is 25.6 Å². The van der Waals surface area contributed by atoms with Crippen LogP contribution in [0.1, 0.15) is 22.3 Å². The molecule has 1 aliphatic heterocycles. The summed E-state index contributed by atoms with van der Waals surface area (Å²) in [6.07, 6.45) is 2.32. The Labute approximate surface area is 175 Å². The lowest BCUT2D eigenvalue weighted by molar-refractivity contribution is 0.523. The zero-order valence-corrected chi connectivity index (χ0v) is 17.0. The van der Waals surface area contributed by atoms with Gasteiger partial charge in [-0.15, -0.1) is 0 Å². The molecule has 2 heterocycles. The van der Waals surface area contributed by atoms with Gasteiger partial charge in [0.25, 0.3) is 5.56 Å². The van der Waals surface area contributed by atoms with E-state index in [1.165, 1.54) is 16.7 Å². The molecule has 1 N–H and O–H groups in total. The fraction of sp³-hybridized carbons (Fsp3) is 0.182. The van der Waals surface area contributed by atoms with Gasteiger partial charge in [-0.25, -0.2) is 9.11 Å². The van der Waals surface area contributed by atoms with Crippen LogP contribution in [0.25, 0.3) is 11.1 Å². The van der Waals surface area contributed by atoms with Crippen molar-refractivity contribution >= 4 is 17.0 Å². The molecule has 154 valence electrons. The highest BCUT2D eigenvalue weighted by Gasteiger charge is 2.20. The lowest BCUT2D eigenvalue weighted by Crippen LogP contribution is -2.19. The topological polar surface area (TPSA) is 86.5 Å². The van der Waals surface area contributed by atoms with Gasteiger partial charge in [-0.3, -0.25) is 14.0 Å². The van der Waals surface area contributed by atoms with E-state index in [4.69, 9.17) is 4.99 Å². The molecule has 1 aliphatic rings. The van der Waals surface area contributed by atoms with Crippen molar-refractivity contribution in [3.63, 3.8) is 0 Å². The number of rotatable bonds is 5. The van der Waals surface area contributed by atoms with E-state index in [1.807, 2.05) is 18.2 Å². The average molecular weight is 424 g/mol. The van der Waals surface area contributed by atoms with E-state index in [0.29, 0.717) is 13.0 Å². The highest BCUT2D eigenvalue weighted by atomic mass is 32.2. The third kappa shape index (κ3) is 4.16. The van der Waals surface area contributed by atoms with Crippen LogP contribution < -0.4 is 10.3 Å². The molecule has 4 rings (SSSR count). The van der Waals surface area contributed by atoms with Crippen LogP contribution in [0.2, 0.25) is 0 Å². The SMILES string of the molecule is Cn1cc2c(cc1=O)CN=C(c1ccc(F)cc1)c1ccc(CCNS(=O)[O-])cc1-2. The molecule has 3 aromatic rings. The van der Waals surface area contributed by atoms with Crippen molar-refractivity contribution in [1.29, 1.82) is 0 Å². The van der Waals surface area contributed by atoms with Crippen LogP contribution in [-0.2, 0) is 31.3 Å². The number of hydrogen-bond acceptors (Lipinski definition) is 4. The van der Waals surface area contributed by atoms with Gasteiger partial charge in [-0.1, -0.05) is 18.2 Å². The quantitative estimate of drug-likeness (QED) is 0.639. The van der Waals surface area contributed by atoms with Crippen LogP contribution in [0.5, 0.6) is 0 Å². The monoisotopic (exact) mass is 424 g/mol. The molecule has 6 nitrogen and oxygen atoms in total. The Morgan fingerprint density at radius 1 is 1.13 bits per heavy atom. The van der Waals surface area contributed by atoms with E-state index in [-0.39, 0.29) is 17.9 Å². The maximum atomic E-state index is 13.4. The molecule has 8 heteroatoms. The minimum absolute atomic E-state index is 0.117. The van der Waals surface area contributed by atoms with Gasteiger partial charge in [0.2, 0.25) is 0 Å². The molecule has 2 aromatic carbocycles. The predicted molar refractivity (Wildman–Crippen MR) is 113 cm³/mol. The summed E-state index contributed by atoms with van der Waals surface area (Å²) in [6.45, 7) is 0.618. The molecule has 0 aliphatic carbocycles. The summed E-state index contributed by atoms with van der Waals surface area (Å²) in [6, 6.07) is 13.6. The van der Waals surface area contributed by atoms with E-state index >= 15 is 0 Å². The van der Waals surface area contributed by atoms with E-state index in [1.54, 1.807) is 31.4 Å². The molecule has 0 saturated carbocycles. The lowest BCUT2D eigenvalue weighted by Gasteiger charge is -2.15. The van der Waals surface area contributed by atoms with Crippen LogP contribution in [0.3, 0.4) is 0 Å². The largest absolute Gasteiger partial charge is 0.760 e. The lowest BCUT2D eigenvalue weighted by atomic mass is 9.91. The zero-order chi connectivity index (χ0) is 21.3. The molecule has 30 heavy (non-hydrogen) atoms. The van der Waals surface area contributed by atoms with Crippen LogP contribution in [0.4, 0.5) is 4.39 Å². The fourth-order valence-corrected chi connectivity index (χ4v) is 3.87. The molecule has 1 atom stereocenters. The van der Waals surface area contributed by atoms with E-state index in [9.17, 15) is 17.9 Å². The first-order valence-corrected chi connectivity index (χ1v) is 10.5. The molecule has 0 saturated heterocycles. The van der Waals surface area contributed by atoms with Crippen LogP contribution in [0, 0.1) is 5.82 Å². The molecule has 1 unspecified atom stereocenters. The molecular weight excluding hydrogens is 405 g/mol. The first kappa shape index (κ1) is 20.3.